The zero-order chi connectivity index (χ0) is 11.5. The third-order valence-corrected chi connectivity index (χ3v) is 2.42. The predicted molar refractivity (Wildman–Crippen MR) is 59.4 cm³/mol. The van der Waals surface area contributed by atoms with Crippen LogP contribution in [0.2, 0.25) is 5.02 Å². The van der Waals surface area contributed by atoms with Gasteiger partial charge in [0.05, 0.1) is 10.6 Å². The van der Waals surface area contributed by atoms with Crippen molar-refractivity contribution in [2.75, 3.05) is 0 Å². The van der Waals surface area contributed by atoms with E-state index in [1.807, 2.05) is 0 Å². The number of benzene rings is 1. The Balaban J connectivity index is 2.52. The lowest BCUT2D eigenvalue weighted by Gasteiger charge is -2.03. The number of aromatic carboxylic acids is 1. The monoisotopic (exact) mass is 234 g/mol. The van der Waals surface area contributed by atoms with Gasteiger partial charge in [-0.15, -0.1) is 0 Å². The maximum atomic E-state index is 10.9. The number of hydrogen-bond donors (Lipinski definition) is 1. The molecule has 0 aliphatic carbocycles. The summed E-state index contributed by atoms with van der Waals surface area (Å²) in [5.41, 5.74) is 1.55. The highest BCUT2D eigenvalue weighted by Gasteiger charge is 2.10. The number of carboxylic acids is 1. The fourth-order valence-corrected chi connectivity index (χ4v) is 1.52. The SMILES string of the molecule is O=C(O)c1cc(-c2cncnc2)ccc1Cl. The quantitative estimate of drug-likeness (QED) is 0.867. The standard InChI is InChI=1S/C11H7ClN2O2/c12-10-2-1-7(3-9(10)11(15)16)8-4-13-6-14-5-8/h1-6H,(H,15,16). The average Bonchev–Trinajstić information content (AvgIpc) is 2.30. The predicted octanol–water partition coefficient (Wildman–Crippen LogP) is 2.50. The van der Waals surface area contributed by atoms with Crippen molar-refractivity contribution in [3.8, 4) is 11.1 Å². The summed E-state index contributed by atoms with van der Waals surface area (Å²) >= 11 is 5.77. The first kappa shape index (κ1) is 10.6. The van der Waals surface area contributed by atoms with Crippen LogP contribution in [0.15, 0.2) is 36.9 Å². The lowest BCUT2D eigenvalue weighted by Crippen LogP contribution is -1.97. The summed E-state index contributed by atoms with van der Waals surface area (Å²) in [5.74, 6) is -1.05. The summed E-state index contributed by atoms with van der Waals surface area (Å²) in [6.07, 6.45) is 4.64. The van der Waals surface area contributed by atoms with E-state index in [0.29, 0.717) is 0 Å². The number of halogens is 1. The molecule has 1 aromatic carbocycles. The summed E-state index contributed by atoms with van der Waals surface area (Å²) in [6.45, 7) is 0. The first-order valence-corrected chi connectivity index (χ1v) is 4.84. The minimum atomic E-state index is -1.05. The summed E-state index contributed by atoms with van der Waals surface area (Å²) < 4.78 is 0. The highest BCUT2D eigenvalue weighted by atomic mass is 35.5. The van der Waals surface area contributed by atoms with Crippen molar-refractivity contribution in [3.05, 3.63) is 47.5 Å². The number of carboxylic acid groups (broad SMARTS) is 1. The molecule has 80 valence electrons. The third-order valence-electron chi connectivity index (χ3n) is 2.09. The molecule has 1 aromatic heterocycles. The van der Waals surface area contributed by atoms with Crippen molar-refractivity contribution < 1.29 is 9.90 Å². The van der Waals surface area contributed by atoms with Crippen LogP contribution in [0.3, 0.4) is 0 Å². The molecule has 0 aliphatic rings. The van der Waals surface area contributed by atoms with Gasteiger partial charge in [0.2, 0.25) is 0 Å². The Bertz CT molecular complexity index is 529. The Morgan fingerprint density at radius 1 is 1.19 bits per heavy atom. The molecule has 2 aromatic rings. The van der Waals surface area contributed by atoms with Gasteiger partial charge in [0.1, 0.15) is 6.33 Å². The first-order valence-electron chi connectivity index (χ1n) is 4.46. The van der Waals surface area contributed by atoms with E-state index in [4.69, 9.17) is 16.7 Å². The largest absolute Gasteiger partial charge is 0.478 e. The van der Waals surface area contributed by atoms with Gasteiger partial charge in [0.15, 0.2) is 0 Å². The maximum absolute atomic E-state index is 10.9. The minimum absolute atomic E-state index is 0.0722. The molecule has 0 saturated heterocycles. The van der Waals surface area contributed by atoms with E-state index in [2.05, 4.69) is 9.97 Å². The van der Waals surface area contributed by atoms with Crippen molar-refractivity contribution in [1.82, 2.24) is 9.97 Å². The van der Waals surface area contributed by atoms with Gasteiger partial charge in [-0.2, -0.15) is 0 Å². The van der Waals surface area contributed by atoms with E-state index in [1.165, 1.54) is 12.4 Å². The topological polar surface area (TPSA) is 63.1 Å². The van der Waals surface area contributed by atoms with Gasteiger partial charge in [0, 0.05) is 18.0 Å². The molecule has 1 N–H and O–H groups in total. The van der Waals surface area contributed by atoms with Crippen LogP contribution >= 0.6 is 11.6 Å². The van der Waals surface area contributed by atoms with Crippen LogP contribution in [0.5, 0.6) is 0 Å². The smallest absolute Gasteiger partial charge is 0.337 e. The Kier molecular flexibility index (Phi) is 2.83. The van der Waals surface area contributed by atoms with Gasteiger partial charge in [0.25, 0.3) is 0 Å². The Labute approximate surface area is 96.6 Å². The molecule has 0 atom stereocenters. The molecule has 0 fully saturated rings. The number of carbonyl (C=O) groups is 1. The van der Waals surface area contributed by atoms with Crippen LogP contribution in [0.4, 0.5) is 0 Å². The molecule has 16 heavy (non-hydrogen) atoms. The van der Waals surface area contributed by atoms with Gasteiger partial charge in [-0.25, -0.2) is 14.8 Å². The molecule has 0 unspecified atom stereocenters. The van der Waals surface area contributed by atoms with Crippen LogP contribution in [0, 0.1) is 0 Å². The minimum Gasteiger partial charge on any atom is -0.478 e. The summed E-state index contributed by atoms with van der Waals surface area (Å²) in [4.78, 5) is 18.6. The van der Waals surface area contributed by atoms with Gasteiger partial charge in [-0.3, -0.25) is 0 Å². The molecule has 1 heterocycles. The Morgan fingerprint density at radius 3 is 2.50 bits per heavy atom. The zero-order valence-corrected chi connectivity index (χ0v) is 8.85. The lowest BCUT2D eigenvalue weighted by atomic mass is 10.1. The van der Waals surface area contributed by atoms with E-state index in [-0.39, 0.29) is 10.6 Å². The van der Waals surface area contributed by atoms with E-state index in [9.17, 15) is 4.79 Å². The number of aromatic nitrogens is 2. The van der Waals surface area contributed by atoms with Crippen LogP contribution < -0.4 is 0 Å². The maximum Gasteiger partial charge on any atom is 0.337 e. The second-order valence-electron chi connectivity index (χ2n) is 3.13. The molecule has 0 spiro atoms. The lowest BCUT2D eigenvalue weighted by molar-refractivity contribution is 0.0697. The molecule has 0 aliphatic heterocycles. The van der Waals surface area contributed by atoms with Crippen LogP contribution in [-0.2, 0) is 0 Å². The molecule has 0 saturated carbocycles. The average molecular weight is 235 g/mol. The van der Waals surface area contributed by atoms with E-state index >= 15 is 0 Å². The molecule has 0 amide bonds. The summed E-state index contributed by atoms with van der Waals surface area (Å²) in [7, 11) is 0. The van der Waals surface area contributed by atoms with Crippen molar-refractivity contribution in [3.63, 3.8) is 0 Å². The Hall–Kier alpha value is -1.94. The normalized spacial score (nSPS) is 10.1. The van der Waals surface area contributed by atoms with Crippen molar-refractivity contribution in [2.24, 2.45) is 0 Å². The van der Waals surface area contributed by atoms with Crippen molar-refractivity contribution in [1.29, 1.82) is 0 Å². The summed E-state index contributed by atoms with van der Waals surface area (Å²) in [5, 5.41) is 9.14. The number of rotatable bonds is 2. The van der Waals surface area contributed by atoms with E-state index in [0.717, 1.165) is 11.1 Å². The zero-order valence-electron chi connectivity index (χ0n) is 8.09. The van der Waals surface area contributed by atoms with Crippen molar-refractivity contribution >= 4 is 17.6 Å². The highest BCUT2D eigenvalue weighted by Crippen LogP contribution is 2.24. The molecule has 0 bridgehead atoms. The van der Waals surface area contributed by atoms with Crippen LogP contribution in [0.25, 0.3) is 11.1 Å². The third kappa shape index (κ3) is 2.01. The van der Waals surface area contributed by atoms with Gasteiger partial charge < -0.3 is 5.11 Å². The molecule has 2 rings (SSSR count). The van der Waals surface area contributed by atoms with Crippen LogP contribution in [0.1, 0.15) is 10.4 Å². The highest BCUT2D eigenvalue weighted by molar-refractivity contribution is 6.33. The molecule has 4 nitrogen and oxygen atoms in total. The number of hydrogen-bond acceptors (Lipinski definition) is 3. The van der Waals surface area contributed by atoms with E-state index in [1.54, 1.807) is 24.5 Å². The molecular weight excluding hydrogens is 228 g/mol. The summed E-state index contributed by atoms with van der Waals surface area (Å²) in [6, 6.07) is 4.78. The second kappa shape index (κ2) is 4.28. The van der Waals surface area contributed by atoms with Gasteiger partial charge in [-0.1, -0.05) is 17.7 Å². The van der Waals surface area contributed by atoms with Crippen LogP contribution in [-0.4, -0.2) is 21.0 Å². The van der Waals surface area contributed by atoms with Gasteiger partial charge in [-0.05, 0) is 17.7 Å². The van der Waals surface area contributed by atoms with Gasteiger partial charge >= 0.3 is 5.97 Å². The molecule has 0 radical (unpaired) electrons. The molecule has 5 heteroatoms. The molecular formula is C11H7ClN2O2. The Morgan fingerprint density at radius 2 is 1.88 bits per heavy atom. The fourth-order valence-electron chi connectivity index (χ4n) is 1.32. The van der Waals surface area contributed by atoms with Crippen molar-refractivity contribution in [2.45, 2.75) is 0 Å². The number of nitrogens with zero attached hydrogens (tertiary/aromatic N) is 2. The van der Waals surface area contributed by atoms with E-state index < -0.39 is 5.97 Å². The first-order chi connectivity index (χ1) is 7.68. The second-order valence-corrected chi connectivity index (χ2v) is 3.53. The fraction of sp³-hybridized carbons (Fsp3) is 0.